The van der Waals surface area contributed by atoms with E-state index in [-0.39, 0.29) is 28.1 Å². The van der Waals surface area contributed by atoms with E-state index in [0.717, 1.165) is 27.6 Å². The fourth-order valence-corrected chi connectivity index (χ4v) is 8.50. The number of primary sulfonamides is 1. The summed E-state index contributed by atoms with van der Waals surface area (Å²) in [5.74, 6) is -1.87. The molecule has 5 rings (SSSR count). The molecule has 0 spiro atoms. The van der Waals surface area contributed by atoms with Crippen molar-refractivity contribution in [3.8, 4) is 0 Å². The molecule has 14 heteroatoms. The van der Waals surface area contributed by atoms with Crippen LogP contribution in [0.5, 0.6) is 0 Å². The third-order valence-electron chi connectivity index (χ3n) is 6.56. The number of thioether (sulfide) groups is 1. The van der Waals surface area contributed by atoms with Crippen LogP contribution in [0.15, 0.2) is 67.7 Å². The summed E-state index contributed by atoms with van der Waals surface area (Å²) < 4.78 is 25.0. The van der Waals surface area contributed by atoms with Crippen molar-refractivity contribution in [1.82, 2.24) is 4.57 Å². The second kappa shape index (κ2) is 9.45. The van der Waals surface area contributed by atoms with Gasteiger partial charge in [-0.1, -0.05) is 52.9 Å². The molecular formula is C24H21BrN4O6S3. The van der Waals surface area contributed by atoms with Crippen molar-refractivity contribution < 1.29 is 22.8 Å². The van der Waals surface area contributed by atoms with Crippen LogP contribution in [0, 0.1) is 5.92 Å². The van der Waals surface area contributed by atoms with Gasteiger partial charge in [-0.2, -0.15) is 0 Å². The van der Waals surface area contributed by atoms with Gasteiger partial charge in [0, 0.05) is 20.5 Å². The number of sulfonamides is 1. The molecule has 0 saturated carbocycles. The minimum absolute atomic E-state index is 0.0974. The second-order valence-corrected chi connectivity index (χ2v) is 14.0. The molecule has 1 fully saturated rings. The minimum atomic E-state index is -3.87. The molecule has 0 radical (unpaired) electrons. The SMILES string of the molecule is CC1(C)c2sc(=O)n(CC(=O)Nc3ccc(S(N)(=O)=O)cc3)c2S[C@@H]2C(=O)N(c3ccc(Br)cc3)C(=O)[C@@H]21. The molecule has 2 aromatic carbocycles. The first-order valence-corrected chi connectivity index (χ1v) is 15.3. The largest absolute Gasteiger partial charge is 0.325 e. The van der Waals surface area contributed by atoms with Gasteiger partial charge in [0.05, 0.1) is 21.5 Å². The Labute approximate surface area is 234 Å². The summed E-state index contributed by atoms with van der Waals surface area (Å²) in [6.45, 7) is 3.36. The molecule has 10 nitrogen and oxygen atoms in total. The summed E-state index contributed by atoms with van der Waals surface area (Å²) in [6.07, 6.45) is 0. The highest BCUT2D eigenvalue weighted by atomic mass is 79.9. The van der Waals surface area contributed by atoms with E-state index < -0.39 is 32.5 Å². The van der Waals surface area contributed by atoms with Crippen molar-refractivity contribution in [3.05, 3.63) is 67.5 Å². The number of nitrogens with one attached hydrogen (secondary N) is 1. The predicted molar refractivity (Wildman–Crippen MR) is 148 cm³/mol. The van der Waals surface area contributed by atoms with Crippen LogP contribution < -0.4 is 20.2 Å². The zero-order valence-electron chi connectivity index (χ0n) is 20.0. The van der Waals surface area contributed by atoms with Crippen molar-refractivity contribution in [2.45, 2.75) is 41.0 Å². The molecule has 3 heterocycles. The number of thiazole rings is 1. The van der Waals surface area contributed by atoms with E-state index in [2.05, 4.69) is 21.2 Å². The molecule has 3 N–H and O–H groups in total. The maximum absolute atomic E-state index is 13.5. The highest BCUT2D eigenvalue weighted by Gasteiger charge is 2.59. The van der Waals surface area contributed by atoms with Crippen LogP contribution in [0.1, 0.15) is 18.7 Å². The molecule has 2 aliphatic rings. The first-order chi connectivity index (χ1) is 17.8. The van der Waals surface area contributed by atoms with Crippen LogP contribution in [-0.2, 0) is 36.4 Å². The number of carbonyl (C=O) groups is 3. The zero-order chi connectivity index (χ0) is 27.6. The van der Waals surface area contributed by atoms with Crippen LogP contribution in [-0.4, -0.2) is 36.0 Å². The van der Waals surface area contributed by atoms with E-state index in [1.54, 1.807) is 24.3 Å². The number of anilines is 2. The molecule has 0 aliphatic carbocycles. The van der Waals surface area contributed by atoms with Gasteiger partial charge < -0.3 is 5.32 Å². The lowest BCUT2D eigenvalue weighted by atomic mass is 9.76. The molecule has 2 atom stereocenters. The lowest BCUT2D eigenvalue weighted by molar-refractivity contribution is -0.123. The van der Waals surface area contributed by atoms with E-state index in [0.29, 0.717) is 21.3 Å². The van der Waals surface area contributed by atoms with Crippen molar-refractivity contribution in [1.29, 1.82) is 0 Å². The quantitative estimate of drug-likeness (QED) is 0.409. The number of halogens is 1. The Morgan fingerprint density at radius 3 is 2.29 bits per heavy atom. The molecule has 3 amide bonds. The monoisotopic (exact) mass is 636 g/mol. The van der Waals surface area contributed by atoms with E-state index in [9.17, 15) is 27.6 Å². The van der Waals surface area contributed by atoms with Gasteiger partial charge in [0.15, 0.2) is 0 Å². The van der Waals surface area contributed by atoms with Crippen LogP contribution in [0.3, 0.4) is 0 Å². The van der Waals surface area contributed by atoms with Gasteiger partial charge in [-0.3, -0.25) is 23.7 Å². The van der Waals surface area contributed by atoms with E-state index in [1.165, 1.54) is 33.7 Å². The number of carbonyl (C=O) groups excluding carboxylic acids is 3. The average molecular weight is 638 g/mol. The summed E-state index contributed by atoms with van der Waals surface area (Å²) >= 11 is 5.46. The summed E-state index contributed by atoms with van der Waals surface area (Å²) in [4.78, 5) is 54.1. The van der Waals surface area contributed by atoms with Crippen LogP contribution in [0.2, 0.25) is 0 Å². The fourth-order valence-electron chi connectivity index (χ4n) is 4.68. The Balaban J connectivity index is 1.42. The third kappa shape index (κ3) is 4.53. The number of aromatic nitrogens is 1. The van der Waals surface area contributed by atoms with Crippen molar-refractivity contribution in [2.75, 3.05) is 10.2 Å². The number of benzene rings is 2. The van der Waals surface area contributed by atoms with Crippen LogP contribution >= 0.6 is 39.0 Å². The Bertz CT molecular complexity index is 1650. The average Bonchev–Trinajstić information content (AvgIpc) is 3.28. The first-order valence-electron chi connectivity index (χ1n) is 11.3. The predicted octanol–water partition coefficient (Wildman–Crippen LogP) is 2.90. The number of nitrogens with two attached hydrogens (primary N) is 1. The Morgan fingerprint density at radius 2 is 1.68 bits per heavy atom. The number of fused-ring (bicyclic) bond motifs is 2. The van der Waals surface area contributed by atoms with Crippen molar-refractivity contribution in [2.24, 2.45) is 11.1 Å². The molecular weight excluding hydrogens is 616 g/mol. The number of hydrogen-bond acceptors (Lipinski definition) is 8. The molecule has 0 unspecified atom stereocenters. The number of rotatable bonds is 5. The summed E-state index contributed by atoms with van der Waals surface area (Å²) in [6, 6.07) is 12.2. The van der Waals surface area contributed by atoms with E-state index in [1.807, 2.05) is 13.8 Å². The molecule has 1 saturated heterocycles. The molecule has 38 heavy (non-hydrogen) atoms. The standard InChI is InChI=1S/C24H21BrN4O6S3/c1-24(2)17-18(21(32)29(20(17)31)14-7-3-12(25)4-8-14)36-22-19(24)37-23(33)28(22)11-16(30)27-13-5-9-15(10-6-13)38(26,34)35/h3-10,17-18H,11H2,1-2H3,(H,27,30)(H2,26,34,35)/t17-,18+/m1/s1. The molecule has 2 aliphatic heterocycles. The summed E-state index contributed by atoms with van der Waals surface area (Å²) in [7, 11) is -3.87. The maximum atomic E-state index is 13.5. The molecule has 3 aromatic rings. The highest BCUT2D eigenvalue weighted by molar-refractivity contribution is 9.10. The smallest absolute Gasteiger partial charge is 0.308 e. The van der Waals surface area contributed by atoms with E-state index in [4.69, 9.17) is 5.14 Å². The normalized spacial score (nSPS) is 20.3. The minimum Gasteiger partial charge on any atom is -0.325 e. The van der Waals surface area contributed by atoms with Crippen LogP contribution in [0.4, 0.5) is 11.4 Å². The highest BCUT2D eigenvalue weighted by Crippen LogP contribution is 2.54. The first kappa shape index (κ1) is 26.8. The van der Waals surface area contributed by atoms with Gasteiger partial charge >= 0.3 is 4.87 Å². The van der Waals surface area contributed by atoms with E-state index >= 15 is 0 Å². The topological polar surface area (TPSA) is 149 Å². The summed E-state index contributed by atoms with van der Waals surface area (Å²) in [5, 5.41) is 7.48. The van der Waals surface area contributed by atoms with Gasteiger partial charge in [0.1, 0.15) is 11.8 Å². The number of hydrogen-bond donors (Lipinski definition) is 2. The van der Waals surface area contributed by atoms with Crippen molar-refractivity contribution in [3.63, 3.8) is 0 Å². The van der Waals surface area contributed by atoms with Crippen molar-refractivity contribution >= 4 is 78.1 Å². The Kier molecular flexibility index (Phi) is 6.67. The number of nitrogens with zero attached hydrogens (tertiary/aromatic N) is 2. The third-order valence-corrected chi connectivity index (χ3v) is 10.8. The lowest BCUT2D eigenvalue weighted by Crippen LogP contribution is -2.41. The van der Waals surface area contributed by atoms with Crippen LogP contribution in [0.25, 0.3) is 0 Å². The molecule has 0 bridgehead atoms. The van der Waals surface area contributed by atoms with Gasteiger partial charge in [0.25, 0.3) is 0 Å². The Morgan fingerprint density at radius 1 is 1.05 bits per heavy atom. The van der Waals surface area contributed by atoms with Gasteiger partial charge in [-0.15, -0.1) is 0 Å². The molecule has 198 valence electrons. The number of amides is 3. The lowest BCUT2D eigenvalue weighted by Gasteiger charge is -2.36. The maximum Gasteiger partial charge on any atom is 0.308 e. The second-order valence-electron chi connectivity index (χ2n) is 9.43. The number of imide groups is 1. The molecule has 1 aromatic heterocycles. The van der Waals surface area contributed by atoms with Gasteiger partial charge in [-0.25, -0.2) is 18.5 Å². The van der Waals surface area contributed by atoms with Gasteiger partial charge in [0.2, 0.25) is 27.7 Å². The fraction of sp³-hybridized carbons (Fsp3) is 0.250. The van der Waals surface area contributed by atoms with Gasteiger partial charge in [-0.05, 0) is 48.5 Å². The summed E-state index contributed by atoms with van der Waals surface area (Å²) in [5.41, 5.74) is -0.0196. The zero-order valence-corrected chi connectivity index (χ0v) is 24.0. The Hall–Kier alpha value is -2.78.